The summed E-state index contributed by atoms with van der Waals surface area (Å²) in [5.41, 5.74) is 3.37. The van der Waals surface area contributed by atoms with E-state index in [0.717, 1.165) is 22.4 Å². The molecule has 194 valence electrons. The first-order chi connectivity index (χ1) is 19.0. The monoisotopic (exact) mass is 535 g/mol. The highest BCUT2D eigenvalue weighted by Gasteiger charge is 2.37. The molecule has 1 amide bonds. The largest absolute Gasteiger partial charge is 0.488 e. The molecule has 0 radical (unpaired) electrons. The Morgan fingerprint density at radius 3 is 2.26 bits per heavy atom. The van der Waals surface area contributed by atoms with E-state index in [-0.39, 0.29) is 24.2 Å². The van der Waals surface area contributed by atoms with Gasteiger partial charge in [-0.05, 0) is 66.2 Å². The maximum absolute atomic E-state index is 13.8. The fourth-order valence-corrected chi connectivity index (χ4v) is 5.21. The number of hydrogen-bond acceptors (Lipinski definition) is 6. The minimum Gasteiger partial charge on any atom is -0.488 e. The van der Waals surface area contributed by atoms with Crippen molar-refractivity contribution >= 4 is 40.3 Å². The first kappa shape index (κ1) is 25.9. The van der Waals surface area contributed by atoms with Crippen LogP contribution in [0, 0.1) is 10.1 Å². The van der Waals surface area contributed by atoms with E-state index in [1.54, 1.807) is 17.0 Å². The van der Waals surface area contributed by atoms with E-state index in [9.17, 15) is 14.9 Å². The third kappa shape index (κ3) is 6.08. The standard InChI is InChI=1S/C31H25N3O4S/c1-22(24-10-4-2-5-11-24)33-30(35)29(39-31(33)32-26-13-6-3-7-14-26)20-25-12-8-9-15-28(25)38-21-23-16-18-27(19-17-23)34(36)37/h2-20,22H,21H2,1H3/b29-20+,32-31?/t22-/m1/s1. The lowest BCUT2D eigenvalue weighted by Gasteiger charge is -2.24. The molecule has 0 bridgehead atoms. The quantitative estimate of drug-likeness (QED) is 0.132. The van der Waals surface area contributed by atoms with Gasteiger partial charge < -0.3 is 4.74 Å². The van der Waals surface area contributed by atoms with Crippen LogP contribution in [0.1, 0.15) is 29.7 Å². The number of rotatable bonds is 8. The number of non-ortho nitro benzene ring substituents is 1. The normalized spacial score (nSPS) is 16.0. The molecule has 0 unspecified atom stereocenters. The average molecular weight is 536 g/mol. The number of nitrogens with zero attached hydrogens (tertiary/aromatic N) is 3. The van der Waals surface area contributed by atoms with Gasteiger partial charge in [-0.25, -0.2) is 4.99 Å². The van der Waals surface area contributed by atoms with E-state index >= 15 is 0 Å². The average Bonchev–Trinajstić information content (AvgIpc) is 3.27. The van der Waals surface area contributed by atoms with Crippen LogP contribution >= 0.6 is 11.8 Å². The van der Waals surface area contributed by atoms with E-state index in [0.29, 0.717) is 15.8 Å². The Morgan fingerprint density at radius 2 is 1.56 bits per heavy atom. The molecule has 0 saturated carbocycles. The molecule has 4 aromatic rings. The molecule has 0 spiro atoms. The molecule has 8 heteroatoms. The van der Waals surface area contributed by atoms with Gasteiger partial charge in [-0.2, -0.15) is 0 Å². The van der Waals surface area contributed by atoms with Gasteiger partial charge in [0.2, 0.25) is 0 Å². The Kier molecular flexibility index (Phi) is 7.84. The Balaban J connectivity index is 1.43. The molecule has 1 atom stereocenters. The lowest BCUT2D eigenvalue weighted by Crippen LogP contribution is -2.32. The number of amides is 1. The van der Waals surface area contributed by atoms with Crippen molar-refractivity contribution in [1.29, 1.82) is 0 Å². The molecular formula is C31H25N3O4S. The summed E-state index contributed by atoms with van der Waals surface area (Å²) in [7, 11) is 0. The van der Waals surface area contributed by atoms with Crippen LogP contribution in [0.25, 0.3) is 6.08 Å². The maximum atomic E-state index is 13.8. The van der Waals surface area contributed by atoms with Crippen molar-refractivity contribution in [3.05, 3.63) is 141 Å². The van der Waals surface area contributed by atoms with E-state index < -0.39 is 4.92 Å². The molecular weight excluding hydrogens is 510 g/mol. The number of amidine groups is 1. The second-order valence-corrected chi connectivity index (χ2v) is 9.86. The minimum atomic E-state index is -0.431. The Hall–Kier alpha value is -4.69. The van der Waals surface area contributed by atoms with Gasteiger partial charge in [0.05, 0.1) is 21.6 Å². The number of nitro groups is 1. The predicted molar refractivity (Wildman–Crippen MR) is 155 cm³/mol. The molecule has 1 saturated heterocycles. The third-order valence-corrected chi connectivity index (χ3v) is 7.22. The zero-order valence-electron chi connectivity index (χ0n) is 21.1. The number of para-hydroxylation sites is 2. The van der Waals surface area contributed by atoms with Crippen LogP contribution in [0.2, 0.25) is 0 Å². The van der Waals surface area contributed by atoms with Crippen LogP contribution in [-0.4, -0.2) is 20.9 Å². The second kappa shape index (κ2) is 11.8. The number of carbonyl (C=O) groups is 1. The summed E-state index contributed by atoms with van der Waals surface area (Å²) in [6.45, 7) is 2.23. The lowest BCUT2D eigenvalue weighted by atomic mass is 10.1. The number of aliphatic imine (C=N–C) groups is 1. The van der Waals surface area contributed by atoms with Crippen molar-refractivity contribution in [3.8, 4) is 5.75 Å². The summed E-state index contributed by atoms with van der Waals surface area (Å²) in [6, 6.07) is 33.0. The molecule has 5 rings (SSSR count). The first-order valence-corrected chi connectivity index (χ1v) is 13.2. The van der Waals surface area contributed by atoms with Crippen LogP contribution in [0.4, 0.5) is 11.4 Å². The van der Waals surface area contributed by atoms with Gasteiger partial charge in [0.25, 0.3) is 11.6 Å². The molecule has 1 fully saturated rings. The highest BCUT2D eigenvalue weighted by atomic mass is 32.2. The number of benzene rings is 4. The number of carbonyl (C=O) groups excluding carboxylic acids is 1. The van der Waals surface area contributed by atoms with Gasteiger partial charge in [-0.1, -0.05) is 66.7 Å². The summed E-state index contributed by atoms with van der Waals surface area (Å²) in [5, 5.41) is 11.5. The van der Waals surface area contributed by atoms with Gasteiger partial charge in [0.1, 0.15) is 12.4 Å². The van der Waals surface area contributed by atoms with Crippen LogP contribution in [-0.2, 0) is 11.4 Å². The molecule has 1 heterocycles. The maximum Gasteiger partial charge on any atom is 0.269 e. The minimum absolute atomic E-state index is 0.0305. The Labute approximate surface area is 230 Å². The zero-order valence-corrected chi connectivity index (χ0v) is 22.0. The molecule has 0 N–H and O–H groups in total. The molecule has 1 aliphatic heterocycles. The van der Waals surface area contributed by atoms with E-state index in [4.69, 9.17) is 9.73 Å². The number of ether oxygens (including phenoxy) is 1. The van der Waals surface area contributed by atoms with Crippen molar-refractivity contribution in [3.63, 3.8) is 0 Å². The summed E-state index contributed by atoms with van der Waals surface area (Å²) in [6.07, 6.45) is 1.83. The van der Waals surface area contributed by atoms with Gasteiger partial charge in [-0.3, -0.25) is 19.8 Å². The zero-order chi connectivity index (χ0) is 27.2. The van der Waals surface area contributed by atoms with E-state index in [1.165, 1.54) is 23.9 Å². The summed E-state index contributed by atoms with van der Waals surface area (Å²) >= 11 is 1.34. The molecule has 4 aromatic carbocycles. The Bertz CT molecular complexity index is 1540. The predicted octanol–water partition coefficient (Wildman–Crippen LogP) is 7.54. The lowest BCUT2D eigenvalue weighted by molar-refractivity contribution is -0.384. The van der Waals surface area contributed by atoms with Crippen molar-refractivity contribution < 1.29 is 14.5 Å². The van der Waals surface area contributed by atoms with Gasteiger partial charge in [0, 0.05) is 17.7 Å². The third-order valence-electron chi connectivity index (χ3n) is 6.23. The fraction of sp³-hybridized carbons (Fsp3) is 0.0968. The van der Waals surface area contributed by atoms with Crippen LogP contribution in [0.15, 0.2) is 119 Å². The van der Waals surface area contributed by atoms with Crippen LogP contribution in [0.5, 0.6) is 5.75 Å². The summed E-state index contributed by atoms with van der Waals surface area (Å²) in [4.78, 5) is 31.3. The SMILES string of the molecule is C[C@H](c1ccccc1)N1C(=O)/C(=C\c2ccccc2OCc2ccc([N+](=O)[O-])cc2)SC1=Nc1ccccc1. The van der Waals surface area contributed by atoms with Crippen LogP contribution in [0.3, 0.4) is 0 Å². The van der Waals surface area contributed by atoms with Crippen molar-refractivity contribution in [2.24, 2.45) is 4.99 Å². The van der Waals surface area contributed by atoms with Crippen molar-refractivity contribution in [2.75, 3.05) is 0 Å². The van der Waals surface area contributed by atoms with Crippen molar-refractivity contribution in [2.45, 2.75) is 19.6 Å². The highest BCUT2D eigenvalue weighted by Crippen LogP contribution is 2.40. The number of nitro benzene ring substituents is 1. The summed E-state index contributed by atoms with van der Waals surface area (Å²) < 4.78 is 6.06. The number of thioether (sulfide) groups is 1. The van der Waals surface area contributed by atoms with Gasteiger partial charge in [-0.15, -0.1) is 0 Å². The molecule has 0 aromatic heterocycles. The molecule has 7 nitrogen and oxygen atoms in total. The Morgan fingerprint density at radius 1 is 0.923 bits per heavy atom. The van der Waals surface area contributed by atoms with Crippen LogP contribution < -0.4 is 4.74 Å². The fourth-order valence-electron chi connectivity index (χ4n) is 4.15. The number of hydrogen-bond donors (Lipinski definition) is 0. The van der Waals surface area contributed by atoms with E-state index in [1.807, 2.05) is 97.9 Å². The highest BCUT2D eigenvalue weighted by molar-refractivity contribution is 8.18. The smallest absolute Gasteiger partial charge is 0.269 e. The van der Waals surface area contributed by atoms with Gasteiger partial charge >= 0.3 is 0 Å². The van der Waals surface area contributed by atoms with E-state index in [2.05, 4.69) is 0 Å². The molecule has 0 aliphatic carbocycles. The van der Waals surface area contributed by atoms with Gasteiger partial charge in [0.15, 0.2) is 5.17 Å². The second-order valence-electron chi connectivity index (χ2n) is 8.85. The molecule has 1 aliphatic rings. The van der Waals surface area contributed by atoms with Crippen molar-refractivity contribution in [1.82, 2.24) is 4.90 Å². The summed E-state index contributed by atoms with van der Waals surface area (Å²) in [5.74, 6) is 0.476. The molecule has 39 heavy (non-hydrogen) atoms. The topological polar surface area (TPSA) is 85.0 Å². The first-order valence-electron chi connectivity index (χ1n) is 12.4.